The Morgan fingerprint density at radius 3 is 2.77 bits per heavy atom. The normalized spacial score (nSPS) is 11.0. The molecule has 3 aromatic rings. The van der Waals surface area contributed by atoms with Gasteiger partial charge >= 0.3 is 0 Å². The highest BCUT2D eigenvalue weighted by Crippen LogP contribution is 2.31. The lowest BCUT2D eigenvalue weighted by Gasteiger charge is -2.10. The molecule has 3 rings (SSSR count). The predicted octanol–water partition coefficient (Wildman–Crippen LogP) is 2.65. The SMILES string of the molecule is CCCc1nc(C)c2c(=O)[nH]c(-c3cc([N+](=O)[O-])ccc3OCC)nn12. The maximum atomic E-state index is 12.6. The first-order chi connectivity index (χ1) is 12.5. The van der Waals surface area contributed by atoms with Gasteiger partial charge in [0.2, 0.25) is 0 Å². The Bertz CT molecular complexity index is 1040. The number of aromatic amines is 1. The van der Waals surface area contributed by atoms with Gasteiger partial charge in [-0.3, -0.25) is 14.9 Å². The number of rotatable bonds is 6. The zero-order chi connectivity index (χ0) is 18.8. The largest absolute Gasteiger partial charge is 0.493 e. The molecule has 0 amide bonds. The van der Waals surface area contributed by atoms with Crippen molar-refractivity contribution in [3.05, 3.63) is 50.2 Å². The van der Waals surface area contributed by atoms with Crippen LogP contribution in [-0.4, -0.2) is 31.1 Å². The van der Waals surface area contributed by atoms with Crippen LogP contribution in [0.25, 0.3) is 16.9 Å². The van der Waals surface area contributed by atoms with Gasteiger partial charge in [-0.25, -0.2) is 9.50 Å². The van der Waals surface area contributed by atoms with Crippen LogP contribution < -0.4 is 10.3 Å². The van der Waals surface area contributed by atoms with E-state index in [2.05, 4.69) is 15.1 Å². The number of nitrogens with one attached hydrogen (secondary N) is 1. The summed E-state index contributed by atoms with van der Waals surface area (Å²) >= 11 is 0. The van der Waals surface area contributed by atoms with Crippen molar-refractivity contribution in [2.45, 2.75) is 33.6 Å². The van der Waals surface area contributed by atoms with E-state index in [0.717, 1.165) is 6.42 Å². The van der Waals surface area contributed by atoms with E-state index >= 15 is 0 Å². The third-order valence-corrected chi connectivity index (χ3v) is 3.95. The van der Waals surface area contributed by atoms with Crippen LogP contribution in [0.15, 0.2) is 23.0 Å². The van der Waals surface area contributed by atoms with E-state index in [9.17, 15) is 14.9 Å². The van der Waals surface area contributed by atoms with Crippen LogP contribution >= 0.6 is 0 Å². The first kappa shape index (κ1) is 17.6. The lowest BCUT2D eigenvalue weighted by atomic mass is 10.1. The second-order valence-electron chi connectivity index (χ2n) is 5.80. The molecule has 0 saturated heterocycles. The van der Waals surface area contributed by atoms with E-state index < -0.39 is 4.92 Å². The van der Waals surface area contributed by atoms with Gasteiger partial charge in [-0.2, -0.15) is 0 Å². The van der Waals surface area contributed by atoms with Gasteiger partial charge in [-0.15, -0.1) is 5.10 Å². The zero-order valence-corrected chi connectivity index (χ0v) is 14.8. The maximum absolute atomic E-state index is 12.6. The minimum Gasteiger partial charge on any atom is -0.493 e. The summed E-state index contributed by atoms with van der Waals surface area (Å²) in [6, 6.07) is 4.21. The van der Waals surface area contributed by atoms with E-state index in [1.165, 1.54) is 22.7 Å². The minimum atomic E-state index is -0.500. The number of H-pyrrole nitrogens is 1. The molecule has 26 heavy (non-hydrogen) atoms. The molecule has 0 spiro atoms. The third-order valence-electron chi connectivity index (χ3n) is 3.95. The van der Waals surface area contributed by atoms with Crippen LogP contribution in [0.5, 0.6) is 5.75 Å². The molecule has 0 bridgehead atoms. The molecule has 2 heterocycles. The Balaban J connectivity index is 2.28. The van der Waals surface area contributed by atoms with E-state index in [1.807, 2.05) is 13.8 Å². The van der Waals surface area contributed by atoms with Gasteiger partial charge in [0.15, 0.2) is 11.3 Å². The molecule has 1 N–H and O–H groups in total. The van der Waals surface area contributed by atoms with E-state index in [4.69, 9.17) is 4.74 Å². The molecule has 0 aliphatic carbocycles. The van der Waals surface area contributed by atoms with Crippen molar-refractivity contribution in [2.75, 3.05) is 6.61 Å². The van der Waals surface area contributed by atoms with Crippen molar-refractivity contribution >= 4 is 11.2 Å². The average Bonchev–Trinajstić information content (AvgIpc) is 2.92. The summed E-state index contributed by atoms with van der Waals surface area (Å²) < 4.78 is 7.07. The highest BCUT2D eigenvalue weighted by Gasteiger charge is 2.19. The minimum absolute atomic E-state index is 0.109. The fourth-order valence-electron chi connectivity index (χ4n) is 2.84. The fraction of sp³-hybridized carbons (Fsp3) is 0.353. The molecule has 9 nitrogen and oxygen atoms in total. The molecule has 136 valence electrons. The topological polar surface area (TPSA) is 115 Å². The number of fused-ring (bicyclic) bond motifs is 1. The highest BCUT2D eigenvalue weighted by molar-refractivity contribution is 5.68. The summed E-state index contributed by atoms with van der Waals surface area (Å²) in [4.78, 5) is 30.3. The zero-order valence-electron chi connectivity index (χ0n) is 14.8. The molecule has 0 aliphatic heterocycles. The van der Waals surface area contributed by atoms with Crippen molar-refractivity contribution in [3.63, 3.8) is 0 Å². The number of hydrogen-bond donors (Lipinski definition) is 1. The molecule has 0 atom stereocenters. The molecule has 0 fully saturated rings. The van der Waals surface area contributed by atoms with Gasteiger partial charge in [-0.1, -0.05) is 6.92 Å². The Labute approximate surface area is 148 Å². The van der Waals surface area contributed by atoms with Crippen LogP contribution in [0.4, 0.5) is 5.69 Å². The number of benzene rings is 1. The van der Waals surface area contributed by atoms with E-state index in [0.29, 0.717) is 41.4 Å². The maximum Gasteiger partial charge on any atom is 0.277 e. The average molecular weight is 357 g/mol. The van der Waals surface area contributed by atoms with Gasteiger partial charge in [-0.05, 0) is 26.3 Å². The van der Waals surface area contributed by atoms with Crippen LogP contribution in [-0.2, 0) is 6.42 Å². The van der Waals surface area contributed by atoms with Gasteiger partial charge in [0.05, 0.1) is 22.8 Å². The molecule has 0 aliphatic rings. The summed E-state index contributed by atoms with van der Waals surface area (Å²) in [5.74, 6) is 1.29. The first-order valence-corrected chi connectivity index (χ1v) is 8.36. The van der Waals surface area contributed by atoms with Crippen molar-refractivity contribution in [1.29, 1.82) is 0 Å². The molecule has 2 aromatic heterocycles. The second-order valence-corrected chi connectivity index (χ2v) is 5.80. The van der Waals surface area contributed by atoms with E-state index in [-0.39, 0.29) is 17.1 Å². The Morgan fingerprint density at radius 1 is 1.35 bits per heavy atom. The third kappa shape index (κ3) is 3.03. The fourth-order valence-corrected chi connectivity index (χ4v) is 2.84. The Hall–Kier alpha value is -3.23. The first-order valence-electron chi connectivity index (χ1n) is 8.36. The predicted molar refractivity (Wildman–Crippen MR) is 95.6 cm³/mol. The lowest BCUT2D eigenvalue weighted by Crippen LogP contribution is -2.16. The van der Waals surface area contributed by atoms with Gasteiger partial charge in [0.1, 0.15) is 11.6 Å². The van der Waals surface area contributed by atoms with Crippen molar-refractivity contribution in [3.8, 4) is 17.1 Å². The number of imidazole rings is 1. The van der Waals surface area contributed by atoms with Gasteiger partial charge in [0, 0.05) is 18.6 Å². The van der Waals surface area contributed by atoms with Gasteiger partial charge < -0.3 is 9.72 Å². The number of non-ortho nitro benzene ring substituents is 1. The van der Waals surface area contributed by atoms with Crippen LogP contribution in [0.1, 0.15) is 31.8 Å². The number of nitro benzene ring substituents is 1. The molecular formula is C17H19N5O4. The second kappa shape index (κ2) is 6.95. The molecule has 9 heteroatoms. The quantitative estimate of drug-likeness (QED) is 0.535. The molecule has 0 radical (unpaired) electrons. The summed E-state index contributed by atoms with van der Waals surface area (Å²) in [5, 5.41) is 15.6. The van der Waals surface area contributed by atoms with Crippen molar-refractivity contribution in [2.24, 2.45) is 0 Å². The molecule has 1 aromatic carbocycles. The molecule has 0 unspecified atom stereocenters. The summed E-state index contributed by atoms with van der Waals surface area (Å²) in [5.41, 5.74) is 0.866. The van der Waals surface area contributed by atoms with Gasteiger partial charge in [0.25, 0.3) is 11.2 Å². The highest BCUT2D eigenvalue weighted by atomic mass is 16.6. The Kier molecular flexibility index (Phi) is 4.70. The van der Waals surface area contributed by atoms with Crippen molar-refractivity contribution in [1.82, 2.24) is 19.6 Å². The summed E-state index contributed by atoms with van der Waals surface area (Å²) in [6.45, 7) is 5.95. The number of aryl methyl sites for hydroxylation is 2. The van der Waals surface area contributed by atoms with Crippen LogP contribution in [0, 0.1) is 17.0 Å². The number of hydrogen-bond acceptors (Lipinski definition) is 6. The molecular weight excluding hydrogens is 338 g/mol. The van der Waals surface area contributed by atoms with Crippen LogP contribution in [0.3, 0.4) is 0 Å². The standard InChI is InChI=1S/C17H19N5O4/c1-4-6-14-18-10(3)15-17(23)19-16(20-21(14)15)12-9-11(22(24)25)7-8-13(12)26-5-2/h7-9H,4-6H2,1-3H3,(H,19,20,23). The number of nitrogens with zero attached hydrogens (tertiary/aromatic N) is 4. The number of aromatic nitrogens is 4. The Morgan fingerprint density at radius 2 is 2.12 bits per heavy atom. The summed E-state index contributed by atoms with van der Waals surface area (Å²) in [6.07, 6.45) is 1.52. The number of nitro groups is 1. The van der Waals surface area contributed by atoms with E-state index in [1.54, 1.807) is 6.92 Å². The van der Waals surface area contributed by atoms with Crippen molar-refractivity contribution < 1.29 is 9.66 Å². The van der Waals surface area contributed by atoms with Crippen LogP contribution in [0.2, 0.25) is 0 Å². The molecule has 0 saturated carbocycles. The smallest absolute Gasteiger partial charge is 0.277 e. The monoisotopic (exact) mass is 357 g/mol. The lowest BCUT2D eigenvalue weighted by molar-refractivity contribution is -0.384. The number of ether oxygens (including phenoxy) is 1. The summed E-state index contributed by atoms with van der Waals surface area (Å²) in [7, 11) is 0.